The molecule has 0 saturated heterocycles. The smallest absolute Gasteiger partial charge is 0.387 e. The van der Waals surface area contributed by atoms with Crippen LogP contribution in [0.4, 0.5) is 19.0 Å². The van der Waals surface area contributed by atoms with Gasteiger partial charge in [-0.15, -0.1) is 0 Å². The van der Waals surface area contributed by atoms with Crippen LogP contribution in [0.3, 0.4) is 0 Å². The van der Waals surface area contributed by atoms with Crippen molar-refractivity contribution in [1.82, 2.24) is 9.97 Å². The summed E-state index contributed by atoms with van der Waals surface area (Å²) in [5.41, 5.74) is 0.777. The highest BCUT2D eigenvalue weighted by Gasteiger charge is 2.30. The van der Waals surface area contributed by atoms with Gasteiger partial charge in [-0.2, -0.15) is 13.2 Å². The molecule has 2 aromatic rings. The number of anilines is 1. The highest BCUT2D eigenvalue weighted by Crippen LogP contribution is 2.30. The number of aliphatic hydroxyl groups is 1. The second-order valence-corrected chi connectivity index (χ2v) is 4.97. The van der Waals surface area contributed by atoms with Crippen molar-refractivity contribution >= 4 is 5.82 Å². The lowest BCUT2D eigenvalue weighted by atomic mass is 10.1. The minimum absolute atomic E-state index is 0.0419. The summed E-state index contributed by atoms with van der Waals surface area (Å²) in [6.07, 6.45) is -3.89. The molecule has 7 heteroatoms. The number of rotatable bonds is 4. The molecule has 4 nitrogen and oxygen atoms in total. The van der Waals surface area contributed by atoms with Gasteiger partial charge in [0.2, 0.25) is 0 Å². The van der Waals surface area contributed by atoms with Gasteiger partial charge >= 0.3 is 6.18 Å². The number of aryl methyl sites for hydroxylation is 2. The molecule has 0 saturated carbocycles. The maximum atomic E-state index is 12.7. The van der Waals surface area contributed by atoms with Crippen LogP contribution in [0.1, 0.15) is 28.6 Å². The molecule has 118 valence electrons. The van der Waals surface area contributed by atoms with Gasteiger partial charge in [0.15, 0.2) is 0 Å². The first-order valence-corrected chi connectivity index (χ1v) is 6.66. The van der Waals surface area contributed by atoms with Crippen LogP contribution in [-0.2, 0) is 6.18 Å². The van der Waals surface area contributed by atoms with E-state index >= 15 is 0 Å². The first kappa shape index (κ1) is 16.2. The van der Waals surface area contributed by atoms with Gasteiger partial charge in [-0.3, -0.25) is 4.98 Å². The van der Waals surface area contributed by atoms with E-state index in [-0.39, 0.29) is 12.1 Å². The van der Waals surface area contributed by atoms with Crippen molar-refractivity contribution < 1.29 is 18.3 Å². The molecule has 0 fully saturated rings. The lowest BCUT2D eigenvalue weighted by Crippen LogP contribution is -2.15. The van der Waals surface area contributed by atoms with Crippen LogP contribution < -0.4 is 5.32 Å². The molecule has 2 N–H and O–H groups in total. The third-order valence-corrected chi connectivity index (χ3v) is 3.14. The number of hydrogen-bond donors (Lipinski definition) is 2. The van der Waals surface area contributed by atoms with Crippen LogP contribution in [-0.4, -0.2) is 21.6 Å². The predicted molar refractivity (Wildman–Crippen MR) is 76.4 cm³/mol. The molecule has 0 radical (unpaired) electrons. The van der Waals surface area contributed by atoms with Crippen molar-refractivity contribution in [3.05, 3.63) is 53.0 Å². The van der Waals surface area contributed by atoms with E-state index in [2.05, 4.69) is 15.3 Å². The van der Waals surface area contributed by atoms with Crippen LogP contribution in [0, 0.1) is 13.8 Å². The molecule has 1 aromatic carbocycles. The molecule has 0 amide bonds. The Bertz CT molecular complexity index is 659. The van der Waals surface area contributed by atoms with Crippen LogP contribution in [0.25, 0.3) is 0 Å². The minimum Gasteiger partial charge on any atom is -0.387 e. The number of hydrogen-bond acceptors (Lipinski definition) is 4. The summed E-state index contributed by atoms with van der Waals surface area (Å²) >= 11 is 0. The zero-order valence-corrected chi connectivity index (χ0v) is 12.1. The lowest BCUT2D eigenvalue weighted by Gasteiger charge is -2.15. The average Bonchev–Trinajstić information content (AvgIpc) is 2.47. The largest absolute Gasteiger partial charge is 0.416 e. The zero-order valence-electron chi connectivity index (χ0n) is 12.1. The van der Waals surface area contributed by atoms with Gasteiger partial charge in [-0.1, -0.05) is 12.1 Å². The van der Waals surface area contributed by atoms with Crippen molar-refractivity contribution in [2.45, 2.75) is 26.1 Å². The standard InChI is InChI=1S/C15H16F3N3O/c1-9-7-19-10(2)14(21-9)20-8-13(22)11-4-3-5-12(6-11)15(16,17)18/h3-7,13,22H,8H2,1-2H3,(H,20,21). The molecule has 0 spiro atoms. The van der Waals surface area contributed by atoms with Crippen LogP contribution in [0.2, 0.25) is 0 Å². The fourth-order valence-electron chi connectivity index (χ4n) is 1.94. The van der Waals surface area contributed by atoms with E-state index in [9.17, 15) is 18.3 Å². The Hall–Kier alpha value is -2.15. The van der Waals surface area contributed by atoms with Gasteiger partial charge < -0.3 is 10.4 Å². The second kappa shape index (κ2) is 6.31. The number of halogens is 3. The fraction of sp³-hybridized carbons (Fsp3) is 0.333. The summed E-state index contributed by atoms with van der Waals surface area (Å²) in [4.78, 5) is 8.35. The minimum atomic E-state index is -4.43. The molecule has 22 heavy (non-hydrogen) atoms. The molecule has 0 aliphatic heterocycles. The number of aromatic nitrogens is 2. The summed E-state index contributed by atoms with van der Waals surface area (Å²) in [5.74, 6) is 0.506. The van der Waals surface area contributed by atoms with Gasteiger partial charge in [0.25, 0.3) is 0 Å². The third-order valence-electron chi connectivity index (χ3n) is 3.14. The van der Waals surface area contributed by atoms with Crippen molar-refractivity contribution in [2.75, 3.05) is 11.9 Å². The molecule has 1 atom stereocenters. The van der Waals surface area contributed by atoms with Crippen molar-refractivity contribution in [1.29, 1.82) is 0 Å². The Balaban J connectivity index is 2.09. The molecule has 2 rings (SSSR count). The Kier molecular flexibility index (Phi) is 4.65. The normalized spacial score (nSPS) is 13.0. The number of benzene rings is 1. The van der Waals surface area contributed by atoms with Gasteiger partial charge in [-0.05, 0) is 31.5 Å². The van der Waals surface area contributed by atoms with Crippen LogP contribution >= 0.6 is 0 Å². The summed E-state index contributed by atoms with van der Waals surface area (Å²) in [6, 6.07) is 4.65. The molecule has 0 aliphatic carbocycles. The number of alkyl halides is 3. The Labute approximate surface area is 126 Å². The van der Waals surface area contributed by atoms with Crippen molar-refractivity contribution in [2.24, 2.45) is 0 Å². The maximum Gasteiger partial charge on any atom is 0.416 e. The fourth-order valence-corrected chi connectivity index (χ4v) is 1.94. The summed E-state index contributed by atoms with van der Waals surface area (Å²) in [5, 5.41) is 13.0. The number of nitrogens with one attached hydrogen (secondary N) is 1. The first-order chi connectivity index (χ1) is 10.3. The van der Waals surface area contributed by atoms with Gasteiger partial charge in [0.05, 0.1) is 23.1 Å². The van der Waals surface area contributed by atoms with E-state index in [0.29, 0.717) is 17.2 Å². The Morgan fingerprint density at radius 1 is 1.27 bits per heavy atom. The molecule has 0 bridgehead atoms. The SMILES string of the molecule is Cc1cnc(C)c(NCC(O)c2cccc(C(F)(F)F)c2)n1. The van der Waals surface area contributed by atoms with Gasteiger partial charge in [-0.25, -0.2) is 4.98 Å². The van der Waals surface area contributed by atoms with Crippen molar-refractivity contribution in [3.8, 4) is 0 Å². The monoisotopic (exact) mass is 311 g/mol. The van der Waals surface area contributed by atoms with Crippen molar-refractivity contribution in [3.63, 3.8) is 0 Å². The predicted octanol–water partition coefficient (Wildman–Crippen LogP) is 3.26. The lowest BCUT2D eigenvalue weighted by molar-refractivity contribution is -0.137. The summed E-state index contributed by atoms with van der Waals surface area (Å²) < 4.78 is 38.0. The third kappa shape index (κ3) is 3.94. The Morgan fingerprint density at radius 3 is 2.68 bits per heavy atom. The second-order valence-electron chi connectivity index (χ2n) is 4.97. The van der Waals surface area contributed by atoms with E-state index in [1.54, 1.807) is 20.0 Å². The average molecular weight is 311 g/mol. The van der Waals surface area contributed by atoms with E-state index in [4.69, 9.17) is 0 Å². The molecule has 1 aromatic heterocycles. The van der Waals surface area contributed by atoms with Crippen LogP contribution in [0.5, 0.6) is 0 Å². The maximum absolute atomic E-state index is 12.7. The zero-order chi connectivity index (χ0) is 16.3. The van der Waals surface area contributed by atoms with E-state index in [0.717, 1.165) is 12.1 Å². The molecular formula is C15H16F3N3O. The topological polar surface area (TPSA) is 58.0 Å². The molecule has 0 aliphatic rings. The molecule has 1 unspecified atom stereocenters. The quantitative estimate of drug-likeness (QED) is 0.910. The number of aliphatic hydroxyl groups excluding tert-OH is 1. The molecule has 1 heterocycles. The summed E-state index contributed by atoms with van der Waals surface area (Å²) in [6.45, 7) is 3.58. The Morgan fingerprint density at radius 2 is 2.00 bits per heavy atom. The van der Waals surface area contributed by atoms with E-state index in [1.165, 1.54) is 12.1 Å². The van der Waals surface area contributed by atoms with Gasteiger partial charge in [0, 0.05) is 12.7 Å². The van der Waals surface area contributed by atoms with E-state index in [1.807, 2.05) is 0 Å². The van der Waals surface area contributed by atoms with Crippen LogP contribution in [0.15, 0.2) is 30.5 Å². The van der Waals surface area contributed by atoms with Gasteiger partial charge in [0.1, 0.15) is 5.82 Å². The highest BCUT2D eigenvalue weighted by atomic mass is 19.4. The highest BCUT2D eigenvalue weighted by molar-refractivity contribution is 5.40. The van der Waals surface area contributed by atoms with E-state index < -0.39 is 17.8 Å². The first-order valence-electron chi connectivity index (χ1n) is 6.66. The molecular weight excluding hydrogens is 295 g/mol. The number of nitrogens with zero attached hydrogens (tertiary/aromatic N) is 2. The summed E-state index contributed by atoms with van der Waals surface area (Å²) in [7, 11) is 0.